The van der Waals surface area contributed by atoms with Crippen LogP contribution in [0.25, 0.3) is 0 Å². The van der Waals surface area contributed by atoms with Crippen molar-refractivity contribution in [1.82, 2.24) is 0 Å². The highest BCUT2D eigenvalue weighted by molar-refractivity contribution is 5.56. The SMILES string of the molecule is C[C@@H](O)c1cc(F)ccc1N1CCC2CCCCC21. The van der Waals surface area contributed by atoms with Gasteiger partial charge in [-0.1, -0.05) is 12.8 Å². The quantitative estimate of drug-likeness (QED) is 0.880. The zero-order valence-electron chi connectivity index (χ0n) is 11.5. The van der Waals surface area contributed by atoms with Crippen molar-refractivity contribution >= 4 is 5.69 Å². The minimum atomic E-state index is -0.617. The maximum atomic E-state index is 13.4. The zero-order chi connectivity index (χ0) is 13.4. The second-order valence-electron chi connectivity index (χ2n) is 5.97. The Bertz CT molecular complexity index is 460. The Hall–Kier alpha value is -1.09. The van der Waals surface area contributed by atoms with Gasteiger partial charge in [0, 0.05) is 23.8 Å². The summed E-state index contributed by atoms with van der Waals surface area (Å²) in [7, 11) is 0. The molecule has 2 unspecified atom stereocenters. The summed E-state index contributed by atoms with van der Waals surface area (Å²) in [5.41, 5.74) is 1.76. The third kappa shape index (κ3) is 2.36. The molecule has 2 nitrogen and oxygen atoms in total. The van der Waals surface area contributed by atoms with Gasteiger partial charge in [0.1, 0.15) is 5.82 Å². The molecule has 3 heteroatoms. The normalized spacial score (nSPS) is 28.3. The molecule has 0 spiro atoms. The first-order valence-corrected chi connectivity index (χ1v) is 7.41. The van der Waals surface area contributed by atoms with Gasteiger partial charge in [0.05, 0.1) is 6.10 Å². The van der Waals surface area contributed by atoms with Gasteiger partial charge in [0.2, 0.25) is 0 Å². The van der Waals surface area contributed by atoms with Crippen LogP contribution in [-0.4, -0.2) is 17.7 Å². The van der Waals surface area contributed by atoms with E-state index < -0.39 is 6.10 Å². The second-order valence-corrected chi connectivity index (χ2v) is 5.97. The van der Waals surface area contributed by atoms with Crippen LogP contribution in [0.4, 0.5) is 10.1 Å². The summed E-state index contributed by atoms with van der Waals surface area (Å²) in [6.45, 7) is 2.76. The van der Waals surface area contributed by atoms with Crippen molar-refractivity contribution in [3.05, 3.63) is 29.6 Å². The van der Waals surface area contributed by atoms with Crippen molar-refractivity contribution in [1.29, 1.82) is 0 Å². The van der Waals surface area contributed by atoms with Crippen molar-refractivity contribution in [2.45, 2.75) is 51.2 Å². The van der Waals surface area contributed by atoms with E-state index in [1.54, 1.807) is 6.92 Å². The average Bonchev–Trinajstić information content (AvgIpc) is 2.82. The average molecular weight is 263 g/mol. The van der Waals surface area contributed by atoms with E-state index in [1.165, 1.54) is 44.2 Å². The largest absolute Gasteiger partial charge is 0.389 e. The van der Waals surface area contributed by atoms with E-state index >= 15 is 0 Å². The van der Waals surface area contributed by atoms with Crippen LogP contribution in [0.2, 0.25) is 0 Å². The Labute approximate surface area is 114 Å². The van der Waals surface area contributed by atoms with Crippen LogP contribution in [0.15, 0.2) is 18.2 Å². The van der Waals surface area contributed by atoms with Crippen molar-refractivity contribution in [3.63, 3.8) is 0 Å². The molecule has 0 radical (unpaired) electrons. The molecule has 3 atom stereocenters. The van der Waals surface area contributed by atoms with Crippen molar-refractivity contribution in [3.8, 4) is 0 Å². The number of halogens is 1. The molecule has 1 saturated heterocycles. The number of aliphatic hydroxyl groups is 1. The minimum absolute atomic E-state index is 0.265. The first-order valence-electron chi connectivity index (χ1n) is 7.41. The Morgan fingerprint density at radius 1 is 1.26 bits per heavy atom. The molecule has 2 aliphatic rings. The first-order chi connectivity index (χ1) is 9.16. The minimum Gasteiger partial charge on any atom is -0.389 e. The molecule has 1 aromatic carbocycles. The predicted octanol–water partition coefficient (Wildman–Crippen LogP) is 3.65. The predicted molar refractivity (Wildman–Crippen MR) is 74.7 cm³/mol. The van der Waals surface area contributed by atoms with Crippen LogP contribution < -0.4 is 4.90 Å². The lowest BCUT2D eigenvalue weighted by molar-refractivity contribution is 0.199. The topological polar surface area (TPSA) is 23.5 Å². The summed E-state index contributed by atoms with van der Waals surface area (Å²) in [5.74, 6) is 0.527. The molecule has 2 fully saturated rings. The number of anilines is 1. The van der Waals surface area contributed by atoms with Crippen LogP contribution in [0.5, 0.6) is 0 Å². The van der Waals surface area contributed by atoms with Gasteiger partial charge in [0.15, 0.2) is 0 Å². The fraction of sp³-hybridized carbons (Fsp3) is 0.625. The van der Waals surface area contributed by atoms with Crippen molar-refractivity contribution < 1.29 is 9.50 Å². The highest BCUT2D eigenvalue weighted by Gasteiger charge is 2.36. The molecule has 1 aliphatic carbocycles. The van der Waals surface area contributed by atoms with Crippen molar-refractivity contribution in [2.75, 3.05) is 11.4 Å². The lowest BCUT2D eigenvalue weighted by Gasteiger charge is -2.34. The van der Waals surface area contributed by atoms with Crippen LogP contribution >= 0.6 is 0 Å². The molecule has 0 aromatic heterocycles. The molecule has 3 rings (SSSR count). The fourth-order valence-corrected chi connectivity index (χ4v) is 3.83. The molecule has 1 aliphatic heterocycles. The summed E-state index contributed by atoms with van der Waals surface area (Å²) >= 11 is 0. The monoisotopic (exact) mass is 263 g/mol. The summed E-state index contributed by atoms with van der Waals surface area (Å²) in [6, 6.07) is 5.43. The lowest BCUT2D eigenvalue weighted by atomic mass is 9.85. The third-order valence-electron chi connectivity index (χ3n) is 4.76. The standard InChI is InChI=1S/C16H22FNO/c1-11(19)14-10-13(17)6-7-16(14)18-9-8-12-4-2-3-5-15(12)18/h6-7,10-12,15,19H,2-5,8-9H2,1H3/t11-,12?,15?/m1/s1. The Balaban J connectivity index is 1.93. The van der Waals surface area contributed by atoms with Gasteiger partial charge < -0.3 is 10.0 Å². The molecule has 1 aromatic rings. The van der Waals surface area contributed by atoms with Gasteiger partial charge in [-0.25, -0.2) is 4.39 Å². The highest BCUT2D eigenvalue weighted by atomic mass is 19.1. The highest BCUT2D eigenvalue weighted by Crippen LogP contribution is 2.41. The van der Waals surface area contributed by atoms with Gasteiger partial charge in [-0.15, -0.1) is 0 Å². The molecule has 1 heterocycles. The van der Waals surface area contributed by atoms with Crippen LogP contribution in [0.3, 0.4) is 0 Å². The van der Waals surface area contributed by atoms with Crippen LogP contribution in [-0.2, 0) is 0 Å². The van der Waals surface area contributed by atoms with Gasteiger partial charge in [-0.05, 0) is 50.3 Å². The lowest BCUT2D eigenvalue weighted by Crippen LogP contribution is -2.35. The summed E-state index contributed by atoms with van der Waals surface area (Å²) in [6.07, 6.45) is 5.83. The maximum Gasteiger partial charge on any atom is 0.123 e. The van der Waals surface area contributed by atoms with E-state index in [0.29, 0.717) is 6.04 Å². The van der Waals surface area contributed by atoms with Crippen molar-refractivity contribution in [2.24, 2.45) is 5.92 Å². The van der Waals surface area contributed by atoms with E-state index in [1.807, 2.05) is 6.07 Å². The second kappa shape index (κ2) is 5.12. The number of rotatable bonds is 2. The maximum absolute atomic E-state index is 13.4. The van der Waals surface area contributed by atoms with Gasteiger partial charge >= 0.3 is 0 Å². The van der Waals surface area contributed by atoms with Crippen LogP contribution in [0, 0.1) is 11.7 Å². The summed E-state index contributed by atoms with van der Waals surface area (Å²) in [4.78, 5) is 2.41. The number of benzene rings is 1. The van der Waals surface area contributed by atoms with E-state index in [9.17, 15) is 9.50 Å². The smallest absolute Gasteiger partial charge is 0.123 e. The Morgan fingerprint density at radius 2 is 2.05 bits per heavy atom. The molecule has 1 saturated carbocycles. The molecule has 0 amide bonds. The van der Waals surface area contributed by atoms with E-state index in [-0.39, 0.29) is 5.82 Å². The molecule has 104 valence electrons. The van der Waals surface area contributed by atoms with Crippen LogP contribution in [0.1, 0.15) is 50.7 Å². The summed E-state index contributed by atoms with van der Waals surface area (Å²) < 4.78 is 13.4. The number of aliphatic hydroxyl groups excluding tert-OH is 1. The number of hydrogen-bond donors (Lipinski definition) is 1. The summed E-state index contributed by atoms with van der Waals surface area (Å²) in [5, 5.41) is 9.89. The molecule has 0 bridgehead atoms. The molecule has 19 heavy (non-hydrogen) atoms. The first kappa shape index (κ1) is 12.9. The Kier molecular flexibility index (Phi) is 3.48. The van der Waals surface area contributed by atoms with E-state index in [0.717, 1.165) is 23.7 Å². The third-order valence-corrected chi connectivity index (χ3v) is 4.76. The fourth-order valence-electron chi connectivity index (χ4n) is 3.83. The number of fused-ring (bicyclic) bond motifs is 1. The van der Waals surface area contributed by atoms with E-state index in [4.69, 9.17) is 0 Å². The number of nitrogens with zero attached hydrogens (tertiary/aromatic N) is 1. The molecule has 1 N–H and O–H groups in total. The molecular weight excluding hydrogens is 241 g/mol. The zero-order valence-corrected chi connectivity index (χ0v) is 11.5. The van der Waals surface area contributed by atoms with Gasteiger partial charge in [0.25, 0.3) is 0 Å². The molecular formula is C16H22FNO. The van der Waals surface area contributed by atoms with E-state index in [2.05, 4.69) is 4.90 Å². The van der Waals surface area contributed by atoms with Gasteiger partial charge in [-0.2, -0.15) is 0 Å². The Morgan fingerprint density at radius 3 is 2.84 bits per heavy atom. The van der Waals surface area contributed by atoms with Gasteiger partial charge in [-0.3, -0.25) is 0 Å². The number of hydrogen-bond acceptors (Lipinski definition) is 2.